The number of ether oxygens (including phenoxy) is 1. The number of nitrogens with zero attached hydrogens (tertiary/aromatic N) is 4. The standard InChI is InChI=1S/C22H25N5O3.C3H8O/c1-14-9-16-10-18(25-22(29)17-12-24-27-6-2-5-23-21(17)27)19(11-20(16)30-14)26-7-3-15(13-28)4-8-26;1-3(2)4/h2,5-6,10-12,14-15,28H,3-4,7-9,13H2,1H3,(H,25,29);3-4H,1-2H3. The van der Waals surface area contributed by atoms with Crippen molar-refractivity contribution in [2.45, 2.75) is 52.2 Å². The number of amides is 1. The lowest BCUT2D eigenvalue weighted by Crippen LogP contribution is -2.35. The summed E-state index contributed by atoms with van der Waals surface area (Å²) < 4.78 is 7.56. The molecule has 0 aliphatic carbocycles. The van der Waals surface area contributed by atoms with Gasteiger partial charge in [-0.3, -0.25) is 4.79 Å². The maximum absolute atomic E-state index is 13.1. The molecule has 9 nitrogen and oxygen atoms in total. The van der Waals surface area contributed by atoms with Crippen LogP contribution in [0.2, 0.25) is 0 Å². The molecule has 0 radical (unpaired) electrons. The number of hydrogen-bond acceptors (Lipinski definition) is 7. The van der Waals surface area contributed by atoms with Gasteiger partial charge in [-0.05, 0) is 51.7 Å². The van der Waals surface area contributed by atoms with Gasteiger partial charge in [0.25, 0.3) is 5.91 Å². The molecule has 5 rings (SSSR count). The van der Waals surface area contributed by atoms with Gasteiger partial charge in [0.1, 0.15) is 17.4 Å². The summed E-state index contributed by atoms with van der Waals surface area (Å²) >= 11 is 0. The average molecular weight is 468 g/mol. The zero-order valence-electron chi connectivity index (χ0n) is 19.9. The minimum Gasteiger partial charge on any atom is -0.490 e. The van der Waals surface area contributed by atoms with Crippen LogP contribution in [0.1, 0.15) is 49.5 Å². The van der Waals surface area contributed by atoms with E-state index >= 15 is 0 Å². The molecule has 34 heavy (non-hydrogen) atoms. The Balaban J connectivity index is 0.000000636. The molecule has 1 amide bonds. The number of aromatic nitrogens is 3. The molecule has 1 aromatic carbocycles. The first-order valence-corrected chi connectivity index (χ1v) is 11.8. The normalized spacial score (nSPS) is 17.8. The Morgan fingerprint density at radius 3 is 2.74 bits per heavy atom. The van der Waals surface area contributed by atoms with Gasteiger partial charge in [-0.1, -0.05) is 0 Å². The highest BCUT2D eigenvalue weighted by molar-refractivity contribution is 6.09. The maximum Gasteiger partial charge on any atom is 0.261 e. The van der Waals surface area contributed by atoms with E-state index in [2.05, 4.69) is 27.2 Å². The van der Waals surface area contributed by atoms with Crippen molar-refractivity contribution in [3.05, 3.63) is 47.9 Å². The van der Waals surface area contributed by atoms with Crippen LogP contribution in [0.3, 0.4) is 0 Å². The lowest BCUT2D eigenvalue weighted by molar-refractivity contribution is 0.102. The summed E-state index contributed by atoms with van der Waals surface area (Å²) in [5.41, 5.74) is 3.79. The zero-order valence-corrected chi connectivity index (χ0v) is 19.9. The molecule has 1 saturated heterocycles. The van der Waals surface area contributed by atoms with Gasteiger partial charge < -0.3 is 25.2 Å². The second kappa shape index (κ2) is 10.4. The molecule has 2 aliphatic heterocycles. The number of fused-ring (bicyclic) bond motifs is 2. The van der Waals surface area contributed by atoms with Gasteiger partial charge in [0, 0.05) is 56.2 Å². The first-order valence-electron chi connectivity index (χ1n) is 11.8. The summed E-state index contributed by atoms with van der Waals surface area (Å²) in [4.78, 5) is 19.7. The lowest BCUT2D eigenvalue weighted by atomic mass is 9.97. The molecule has 4 heterocycles. The molecular formula is C25H33N5O4. The summed E-state index contributed by atoms with van der Waals surface area (Å²) in [5, 5.41) is 24.8. The number of carbonyl (C=O) groups is 1. The lowest BCUT2D eigenvalue weighted by Gasteiger charge is -2.34. The van der Waals surface area contributed by atoms with Crippen molar-refractivity contribution in [1.29, 1.82) is 0 Å². The number of nitrogens with one attached hydrogen (secondary N) is 1. The van der Waals surface area contributed by atoms with Crippen LogP contribution in [0.15, 0.2) is 36.8 Å². The Bertz CT molecular complexity index is 1130. The predicted octanol–water partition coefficient (Wildman–Crippen LogP) is 2.90. The predicted molar refractivity (Wildman–Crippen MR) is 131 cm³/mol. The number of piperidine rings is 1. The van der Waals surface area contributed by atoms with E-state index in [0.29, 0.717) is 17.1 Å². The summed E-state index contributed by atoms with van der Waals surface area (Å²) in [5.74, 6) is 0.995. The van der Waals surface area contributed by atoms with E-state index in [1.807, 2.05) is 12.1 Å². The molecule has 0 spiro atoms. The van der Waals surface area contributed by atoms with Gasteiger partial charge in [0.2, 0.25) is 0 Å². The molecule has 2 aliphatic rings. The van der Waals surface area contributed by atoms with Crippen LogP contribution in [0.4, 0.5) is 11.4 Å². The highest BCUT2D eigenvalue weighted by atomic mass is 16.5. The Morgan fingerprint density at radius 1 is 1.29 bits per heavy atom. The monoisotopic (exact) mass is 467 g/mol. The second-order valence-corrected chi connectivity index (χ2v) is 9.22. The largest absolute Gasteiger partial charge is 0.490 e. The molecule has 3 aromatic rings. The number of aliphatic hydroxyl groups is 2. The van der Waals surface area contributed by atoms with Crippen LogP contribution in [0.25, 0.3) is 5.65 Å². The van der Waals surface area contributed by atoms with Crippen LogP contribution in [-0.4, -0.2) is 62.6 Å². The number of carbonyl (C=O) groups excluding carboxylic acids is 1. The van der Waals surface area contributed by atoms with Gasteiger partial charge in [-0.25, -0.2) is 9.50 Å². The van der Waals surface area contributed by atoms with Gasteiger partial charge in [0.05, 0.1) is 17.6 Å². The van der Waals surface area contributed by atoms with Gasteiger partial charge in [0.15, 0.2) is 5.65 Å². The highest BCUT2D eigenvalue weighted by Gasteiger charge is 2.27. The number of anilines is 2. The molecule has 182 valence electrons. The molecular weight excluding hydrogens is 434 g/mol. The minimum absolute atomic E-state index is 0.128. The van der Waals surface area contributed by atoms with E-state index in [9.17, 15) is 9.90 Å². The van der Waals surface area contributed by atoms with E-state index < -0.39 is 0 Å². The van der Waals surface area contributed by atoms with Gasteiger partial charge >= 0.3 is 0 Å². The third-order valence-electron chi connectivity index (χ3n) is 6.00. The fraction of sp³-hybridized carbons (Fsp3) is 0.480. The Morgan fingerprint density at radius 2 is 2.03 bits per heavy atom. The van der Waals surface area contributed by atoms with Crippen molar-refractivity contribution >= 4 is 22.9 Å². The first kappa shape index (κ1) is 24.0. The molecule has 9 heteroatoms. The van der Waals surface area contributed by atoms with Crippen LogP contribution >= 0.6 is 0 Å². The number of rotatable bonds is 4. The quantitative estimate of drug-likeness (QED) is 0.541. The highest BCUT2D eigenvalue weighted by Crippen LogP contribution is 2.40. The van der Waals surface area contributed by atoms with Crippen LogP contribution in [0.5, 0.6) is 5.75 Å². The van der Waals surface area contributed by atoms with Crippen molar-refractivity contribution in [1.82, 2.24) is 14.6 Å². The zero-order chi connectivity index (χ0) is 24.2. The molecule has 0 saturated carbocycles. The molecule has 1 atom stereocenters. The van der Waals surface area contributed by atoms with E-state index in [1.54, 1.807) is 43.0 Å². The van der Waals surface area contributed by atoms with Crippen LogP contribution < -0.4 is 15.0 Å². The second-order valence-electron chi connectivity index (χ2n) is 9.22. The fourth-order valence-electron chi connectivity index (χ4n) is 4.35. The third kappa shape index (κ3) is 5.31. The third-order valence-corrected chi connectivity index (χ3v) is 6.00. The Hall–Kier alpha value is -3.17. The van der Waals surface area contributed by atoms with Crippen molar-refractivity contribution in [3.63, 3.8) is 0 Å². The smallest absolute Gasteiger partial charge is 0.261 e. The summed E-state index contributed by atoms with van der Waals surface area (Å²) in [6, 6.07) is 5.85. The van der Waals surface area contributed by atoms with E-state index in [-0.39, 0.29) is 24.7 Å². The number of aliphatic hydroxyl groups excluding tert-OH is 2. The van der Waals surface area contributed by atoms with Crippen LogP contribution in [0, 0.1) is 5.92 Å². The maximum atomic E-state index is 13.1. The first-order chi connectivity index (χ1) is 16.4. The van der Waals surface area contributed by atoms with Crippen LogP contribution in [-0.2, 0) is 6.42 Å². The van der Waals surface area contributed by atoms with Gasteiger partial charge in [-0.15, -0.1) is 0 Å². The van der Waals surface area contributed by atoms with E-state index in [0.717, 1.165) is 55.0 Å². The van der Waals surface area contributed by atoms with Gasteiger partial charge in [-0.2, -0.15) is 5.10 Å². The molecule has 0 bridgehead atoms. The SMILES string of the molecule is CC(C)O.CC1Cc2cc(NC(=O)c3cnn4cccnc34)c(N3CCC(CO)CC3)cc2O1. The van der Waals surface area contributed by atoms with Crippen molar-refractivity contribution in [2.75, 3.05) is 29.9 Å². The summed E-state index contributed by atoms with van der Waals surface area (Å²) in [7, 11) is 0. The van der Waals surface area contributed by atoms with E-state index in [1.165, 1.54) is 0 Å². The molecule has 2 aromatic heterocycles. The Labute approximate surface area is 199 Å². The van der Waals surface area contributed by atoms with Crippen molar-refractivity contribution in [2.24, 2.45) is 5.92 Å². The molecule has 3 N–H and O–H groups in total. The molecule has 1 fully saturated rings. The number of hydrogen-bond donors (Lipinski definition) is 3. The molecule has 1 unspecified atom stereocenters. The number of benzene rings is 1. The Kier molecular flexibility index (Phi) is 7.33. The summed E-state index contributed by atoms with van der Waals surface area (Å²) in [6.45, 7) is 7.39. The summed E-state index contributed by atoms with van der Waals surface area (Å²) in [6.07, 6.45) is 7.60. The average Bonchev–Trinajstić information content (AvgIpc) is 3.40. The van der Waals surface area contributed by atoms with Crippen molar-refractivity contribution in [3.8, 4) is 5.75 Å². The van der Waals surface area contributed by atoms with E-state index in [4.69, 9.17) is 9.84 Å². The topological polar surface area (TPSA) is 112 Å². The fourth-order valence-corrected chi connectivity index (χ4v) is 4.35. The minimum atomic E-state index is -0.234. The van der Waals surface area contributed by atoms with Crippen molar-refractivity contribution < 1.29 is 19.7 Å².